The molecule has 0 aliphatic carbocycles. The van der Waals surface area contributed by atoms with Gasteiger partial charge in [0.15, 0.2) is 5.82 Å². The summed E-state index contributed by atoms with van der Waals surface area (Å²) in [5.74, 6) is 1.60. The number of aromatic nitrogens is 4. The van der Waals surface area contributed by atoms with Crippen molar-refractivity contribution >= 4 is 5.91 Å². The molecule has 1 atom stereocenters. The van der Waals surface area contributed by atoms with E-state index in [1.807, 2.05) is 43.9 Å². The number of hydrogen-bond donors (Lipinski definition) is 1. The normalized spacial score (nSPS) is 16.1. The fraction of sp³-hybridized carbons (Fsp3) is 0.364. The number of hydrogen-bond acceptors (Lipinski definition) is 4. The van der Waals surface area contributed by atoms with Crippen LogP contribution in [-0.2, 0) is 13.0 Å². The van der Waals surface area contributed by atoms with Crippen LogP contribution in [0.1, 0.15) is 59.1 Å². The maximum atomic E-state index is 13.4. The number of pyridine rings is 1. The van der Waals surface area contributed by atoms with Crippen molar-refractivity contribution in [2.45, 2.75) is 45.7 Å². The zero-order valence-corrected chi connectivity index (χ0v) is 16.9. The molecular formula is C22H25N5O2. The van der Waals surface area contributed by atoms with Gasteiger partial charge in [-0.25, -0.2) is 0 Å². The van der Waals surface area contributed by atoms with Crippen LogP contribution in [0.15, 0.2) is 47.3 Å². The van der Waals surface area contributed by atoms with Gasteiger partial charge in [0.2, 0.25) is 5.56 Å². The van der Waals surface area contributed by atoms with Gasteiger partial charge in [-0.3, -0.25) is 9.59 Å². The van der Waals surface area contributed by atoms with Crippen LogP contribution in [0, 0.1) is 6.92 Å². The van der Waals surface area contributed by atoms with E-state index in [2.05, 4.69) is 31.9 Å². The predicted octanol–water partition coefficient (Wildman–Crippen LogP) is 2.84. The van der Waals surface area contributed by atoms with E-state index in [1.54, 1.807) is 6.07 Å². The summed E-state index contributed by atoms with van der Waals surface area (Å²) in [5.41, 5.74) is 2.23. The molecule has 3 aromatic rings. The summed E-state index contributed by atoms with van der Waals surface area (Å²) in [4.78, 5) is 29.8. The highest BCUT2D eigenvalue weighted by Gasteiger charge is 2.32. The Morgan fingerprint density at radius 2 is 1.93 bits per heavy atom. The molecule has 1 aliphatic heterocycles. The van der Waals surface area contributed by atoms with Gasteiger partial charge in [0.25, 0.3) is 5.91 Å². The third-order valence-electron chi connectivity index (χ3n) is 5.42. The summed E-state index contributed by atoms with van der Waals surface area (Å²) in [5, 5.41) is 8.55. The van der Waals surface area contributed by atoms with Gasteiger partial charge in [-0.05, 0) is 30.9 Å². The van der Waals surface area contributed by atoms with Gasteiger partial charge in [0, 0.05) is 18.3 Å². The zero-order valence-electron chi connectivity index (χ0n) is 16.9. The third kappa shape index (κ3) is 3.72. The molecule has 0 fully saturated rings. The Labute approximate surface area is 169 Å². The lowest BCUT2D eigenvalue weighted by molar-refractivity contribution is 0.0670. The van der Waals surface area contributed by atoms with Gasteiger partial charge >= 0.3 is 0 Å². The van der Waals surface area contributed by atoms with Crippen molar-refractivity contribution in [3.63, 3.8) is 0 Å². The summed E-state index contributed by atoms with van der Waals surface area (Å²) in [6.07, 6.45) is 0.791. The summed E-state index contributed by atoms with van der Waals surface area (Å²) in [6, 6.07) is 13.3. The Bertz CT molecular complexity index is 1080. The van der Waals surface area contributed by atoms with Crippen LogP contribution in [0.5, 0.6) is 0 Å². The maximum Gasteiger partial charge on any atom is 0.256 e. The van der Waals surface area contributed by atoms with Gasteiger partial charge in [-0.15, -0.1) is 10.2 Å². The number of amides is 1. The number of nitrogens with one attached hydrogen (secondary N) is 1. The van der Waals surface area contributed by atoms with E-state index in [1.165, 1.54) is 11.6 Å². The van der Waals surface area contributed by atoms with E-state index in [-0.39, 0.29) is 23.4 Å². The van der Waals surface area contributed by atoms with Gasteiger partial charge in [-0.2, -0.15) is 0 Å². The highest BCUT2D eigenvalue weighted by Crippen LogP contribution is 2.27. The highest BCUT2D eigenvalue weighted by atomic mass is 16.2. The summed E-state index contributed by atoms with van der Waals surface area (Å²) in [7, 11) is 0. The predicted molar refractivity (Wildman–Crippen MR) is 110 cm³/mol. The number of fused-ring (bicyclic) bond motifs is 1. The van der Waals surface area contributed by atoms with E-state index in [9.17, 15) is 9.59 Å². The number of benzene rings is 1. The van der Waals surface area contributed by atoms with Gasteiger partial charge in [0.1, 0.15) is 5.82 Å². The molecule has 29 heavy (non-hydrogen) atoms. The van der Waals surface area contributed by atoms with Crippen molar-refractivity contribution in [2.24, 2.45) is 0 Å². The first-order valence-corrected chi connectivity index (χ1v) is 9.91. The van der Waals surface area contributed by atoms with E-state index in [4.69, 9.17) is 0 Å². The van der Waals surface area contributed by atoms with Crippen molar-refractivity contribution in [2.75, 3.05) is 6.54 Å². The summed E-state index contributed by atoms with van der Waals surface area (Å²) < 4.78 is 2.15. The molecule has 150 valence electrons. The molecule has 1 aliphatic rings. The molecule has 7 heteroatoms. The molecule has 0 bridgehead atoms. The first-order valence-electron chi connectivity index (χ1n) is 9.91. The number of carbonyl (C=O) groups is 1. The van der Waals surface area contributed by atoms with Gasteiger partial charge < -0.3 is 14.5 Å². The number of nitrogens with zero attached hydrogens (tertiary/aromatic N) is 4. The molecule has 0 spiro atoms. The molecule has 4 rings (SSSR count). The van der Waals surface area contributed by atoms with Crippen LogP contribution in [0.2, 0.25) is 0 Å². The Morgan fingerprint density at radius 3 is 2.66 bits per heavy atom. The lowest BCUT2D eigenvalue weighted by atomic mass is 10.0. The molecule has 1 aromatic carbocycles. The number of aryl methyl sites for hydroxylation is 1. The molecule has 1 N–H and O–H groups in total. The minimum absolute atomic E-state index is 0.0404. The minimum atomic E-state index is -0.193. The standard InChI is InChI=1S/C22H25N5O2/c1-14(2)21-18(9-10-20(28)23-21)22(29)26-12-17(11-16-7-5-4-6-8-16)27-15(3)24-25-19(27)13-26/h4-10,14,17H,11-13H2,1-3H3,(H,23,28)/t17-/m1/s1. The second-order valence-corrected chi connectivity index (χ2v) is 7.87. The van der Waals surface area contributed by atoms with Crippen LogP contribution in [0.4, 0.5) is 0 Å². The monoisotopic (exact) mass is 391 g/mol. The summed E-state index contributed by atoms with van der Waals surface area (Å²) >= 11 is 0. The lowest BCUT2D eigenvalue weighted by Crippen LogP contribution is -2.42. The van der Waals surface area contributed by atoms with Crippen molar-refractivity contribution in [3.05, 3.63) is 81.3 Å². The largest absolute Gasteiger partial charge is 0.329 e. The molecule has 7 nitrogen and oxygen atoms in total. The third-order valence-corrected chi connectivity index (χ3v) is 5.42. The first kappa shape index (κ1) is 19.1. The molecule has 0 saturated carbocycles. The second-order valence-electron chi connectivity index (χ2n) is 7.87. The number of aromatic amines is 1. The van der Waals surface area contributed by atoms with Crippen LogP contribution in [-0.4, -0.2) is 37.1 Å². The maximum absolute atomic E-state index is 13.4. The second kappa shape index (κ2) is 7.66. The molecule has 3 heterocycles. The quantitative estimate of drug-likeness (QED) is 0.741. The van der Waals surface area contributed by atoms with Crippen LogP contribution in [0.3, 0.4) is 0 Å². The fourth-order valence-electron chi connectivity index (χ4n) is 4.07. The number of carbonyl (C=O) groups excluding carboxylic acids is 1. The Kier molecular flexibility index (Phi) is 5.05. The minimum Gasteiger partial charge on any atom is -0.329 e. The van der Waals surface area contributed by atoms with Gasteiger partial charge in [-0.1, -0.05) is 44.2 Å². The van der Waals surface area contributed by atoms with E-state index in [0.29, 0.717) is 24.3 Å². The van der Waals surface area contributed by atoms with Crippen molar-refractivity contribution in [1.29, 1.82) is 0 Å². The van der Waals surface area contributed by atoms with Crippen molar-refractivity contribution in [1.82, 2.24) is 24.6 Å². The SMILES string of the molecule is Cc1nnc2n1[C@H](Cc1ccccc1)CN(C(=O)c1ccc(=O)[nH]c1C(C)C)C2. The molecule has 0 radical (unpaired) electrons. The van der Waals surface area contributed by atoms with Gasteiger partial charge in [0.05, 0.1) is 18.2 Å². The zero-order chi connectivity index (χ0) is 20.5. The average molecular weight is 391 g/mol. The Balaban J connectivity index is 1.68. The molecule has 1 amide bonds. The number of H-pyrrole nitrogens is 1. The average Bonchev–Trinajstić information content (AvgIpc) is 3.09. The van der Waals surface area contributed by atoms with Crippen molar-refractivity contribution < 1.29 is 4.79 Å². The highest BCUT2D eigenvalue weighted by molar-refractivity contribution is 5.95. The van der Waals surface area contributed by atoms with Crippen LogP contribution in [0.25, 0.3) is 0 Å². The first-order chi connectivity index (χ1) is 13.9. The van der Waals surface area contributed by atoms with Crippen molar-refractivity contribution in [3.8, 4) is 0 Å². The fourth-order valence-corrected chi connectivity index (χ4v) is 4.07. The Morgan fingerprint density at radius 1 is 1.17 bits per heavy atom. The Hall–Kier alpha value is -3.22. The lowest BCUT2D eigenvalue weighted by Gasteiger charge is -2.35. The smallest absolute Gasteiger partial charge is 0.256 e. The van der Waals surface area contributed by atoms with E-state index >= 15 is 0 Å². The molecule has 0 unspecified atom stereocenters. The molecular weight excluding hydrogens is 366 g/mol. The van der Waals surface area contributed by atoms with Crippen LogP contribution < -0.4 is 5.56 Å². The molecule has 2 aromatic heterocycles. The van der Waals surface area contributed by atoms with Crippen LogP contribution >= 0.6 is 0 Å². The molecule has 0 saturated heterocycles. The van der Waals surface area contributed by atoms with E-state index < -0.39 is 0 Å². The topological polar surface area (TPSA) is 83.9 Å². The number of rotatable bonds is 4. The summed E-state index contributed by atoms with van der Waals surface area (Å²) in [6.45, 7) is 6.86. The van der Waals surface area contributed by atoms with E-state index in [0.717, 1.165) is 18.1 Å².